The number of aromatic nitrogens is 1. The van der Waals surface area contributed by atoms with E-state index >= 15 is 0 Å². The lowest BCUT2D eigenvalue weighted by atomic mass is 9.83. The van der Waals surface area contributed by atoms with E-state index in [9.17, 15) is 32.3 Å². The van der Waals surface area contributed by atoms with E-state index in [-0.39, 0.29) is 0 Å². The van der Waals surface area contributed by atoms with Crippen molar-refractivity contribution in [3.63, 3.8) is 0 Å². The van der Waals surface area contributed by atoms with E-state index in [0.717, 1.165) is 35.2 Å². The van der Waals surface area contributed by atoms with E-state index in [2.05, 4.69) is 5.32 Å². The number of nitrogens with one attached hydrogen (secondary N) is 1. The SMILES string of the molecule is COc1ccc(NC(=O)Cn2c3c(sc2=O)[C@H](c2ccc(Cl)cc2)C2C(=O)N(c4ccccc4C(F)(F)F)C(=O)C2S3)cc1. The van der Waals surface area contributed by atoms with Crippen molar-refractivity contribution in [1.29, 1.82) is 0 Å². The molecule has 4 aromatic rings. The monoisotopic (exact) mass is 659 g/mol. The van der Waals surface area contributed by atoms with Gasteiger partial charge in [-0.15, -0.1) is 0 Å². The number of alkyl halides is 3. The number of benzene rings is 3. The van der Waals surface area contributed by atoms with Crippen LogP contribution >= 0.6 is 34.7 Å². The zero-order valence-electron chi connectivity index (χ0n) is 22.6. The van der Waals surface area contributed by atoms with Crippen LogP contribution in [-0.4, -0.2) is 34.6 Å². The average Bonchev–Trinajstić information content (AvgIpc) is 3.43. The largest absolute Gasteiger partial charge is 0.497 e. The third-order valence-corrected chi connectivity index (χ3v) is 10.3. The second-order valence-corrected chi connectivity index (χ2v) is 12.6. The molecule has 1 fully saturated rings. The van der Waals surface area contributed by atoms with Gasteiger partial charge in [0.05, 0.1) is 29.3 Å². The summed E-state index contributed by atoms with van der Waals surface area (Å²) >= 11 is 7.84. The summed E-state index contributed by atoms with van der Waals surface area (Å²) in [6.45, 7) is -0.392. The molecule has 0 aliphatic carbocycles. The van der Waals surface area contributed by atoms with Crippen molar-refractivity contribution in [3.05, 3.63) is 103 Å². The summed E-state index contributed by atoms with van der Waals surface area (Å²) < 4.78 is 48.2. The number of ether oxygens (including phenoxy) is 1. The third kappa shape index (κ3) is 5.29. The molecule has 2 aliphatic heterocycles. The fraction of sp³-hybridized carbons (Fsp3) is 0.200. The predicted octanol–water partition coefficient (Wildman–Crippen LogP) is 6.03. The van der Waals surface area contributed by atoms with Crippen LogP contribution < -0.4 is 19.8 Å². The van der Waals surface area contributed by atoms with Gasteiger partial charge in [-0.25, -0.2) is 4.90 Å². The highest BCUT2D eigenvalue weighted by Crippen LogP contribution is 2.54. The second kappa shape index (κ2) is 11.5. The molecule has 3 atom stereocenters. The van der Waals surface area contributed by atoms with Crippen LogP contribution in [0.25, 0.3) is 0 Å². The molecule has 0 radical (unpaired) electrons. The highest BCUT2D eigenvalue weighted by molar-refractivity contribution is 8.00. The average molecular weight is 660 g/mol. The summed E-state index contributed by atoms with van der Waals surface area (Å²) in [5.74, 6) is -3.52. The topological polar surface area (TPSA) is 97.7 Å². The zero-order valence-corrected chi connectivity index (χ0v) is 25.0. The number of para-hydroxylation sites is 1. The van der Waals surface area contributed by atoms with Crippen molar-refractivity contribution in [1.82, 2.24) is 4.57 Å². The van der Waals surface area contributed by atoms with Crippen molar-refractivity contribution in [2.24, 2.45) is 5.92 Å². The smallest absolute Gasteiger partial charge is 0.418 e. The first-order valence-electron chi connectivity index (χ1n) is 13.1. The number of imide groups is 1. The molecule has 2 aliphatic rings. The Morgan fingerprint density at radius 2 is 1.66 bits per heavy atom. The number of carbonyl (C=O) groups excluding carboxylic acids is 3. The summed E-state index contributed by atoms with van der Waals surface area (Å²) in [5.41, 5.74) is -0.654. The van der Waals surface area contributed by atoms with Crippen LogP contribution in [0, 0.1) is 5.92 Å². The summed E-state index contributed by atoms with van der Waals surface area (Å²) in [6.07, 6.45) is -4.82. The molecule has 3 amide bonds. The van der Waals surface area contributed by atoms with Crippen molar-refractivity contribution >= 4 is 63.8 Å². The van der Waals surface area contributed by atoms with Gasteiger partial charge in [0.15, 0.2) is 0 Å². The molecule has 226 valence electrons. The number of fused-ring (bicyclic) bond motifs is 2. The number of methoxy groups -OCH3 is 1. The van der Waals surface area contributed by atoms with Gasteiger partial charge in [0, 0.05) is 21.5 Å². The first-order chi connectivity index (χ1) is 21.0. The van der Waals surface area contributed by atoms with E-state index < -0.39 is 63.7 Å². The van der Waals surface area contributed by atoms with E-state index in [1.165, 1.54) is 23.8 Å². The molecule has 1 aromatic heterocycles. The van der Waals surface area contributed by atoms with Crippen LogP contribution in [0.4, 0.5) is 24.5 Å². The maximum Gasteiger partial charge on any atom is 0.418 e. The first-order valence-corrected chi connectivity index (χ1v) is 15.2. The Labute approximate surface area is 261 Å². The molecule has 3 aromatic carbocycles. The van der Waals surface area contributed by atoms with Gasteiger partial charge >= 0.3 is 11.0 Å². The number of thioether (sulfide) groups is 1. The maximum atomic E-state index is 14.0. The van der Waals surface area contributed by atoms with Crippen molar-refractivity contribution < 1.29 is 32.3 Å². The number of hydrogen-bond acceptors (Lipinski definition) is 7. The molecule has 8 nitrogen and oxygen atoms in total. The number of carbonyl (C=O) groups is 3. The summed E-state index contributed by atoms with van der Waals surface area (Å²) in [7, 11) is 1.51. The molecule has 0 bridgehead atoms. The van der Waals surface area contributed by atoms with E-state index in [0.29, 0.717) is 36.8 Å². The van der Waals surface area contributed by atoms with E-state index in [1.807, 2.05) is 0 Å². The van der Waals surface area contributed by atoms with Crippen LogP contribution in [0.3, 0.4) is 0 Å². The Morgan fingerprint density at radius 3 is 2.32 bits per heavy atom. The fourth-order valence-electron chi connectivity index (χ4n) is 5.45. The third-order valence-electron chi connectivity index (χ3n) is 7.40. The van der Waals surface area contributed by atoms with Crippen molar-refractivity contribution in [2.45, 2.75) is 28.9 Å². The lowest BCUT2D eigenvalue weighted by Crippen LogP contribution is -2.33. The number of nitrogens with zero attached hydrogens (tertiary/aromatic N) is 2. The molecule has 1 N–H and O–H groups in total. The van der Waals surface area contributed by atoms with Gasteiger partial charge in [0.1, 0.15) is 17.5 Å². The van der Waals surface area contributed by atoms with Gasteiger partial charge in [0.25, 0.3) is 0 Å². The zero-order chi connectivity index (χ0) is 31.3. The number of hydrogen-bond donors (Lipinski definition) is 1. The lowest BCUT2D eigenvalue weighted by Gasteiger charge is -2.30. The highest BCUT2D eigenvalue weighted by atomic mass is 35.5. The molecule has 6 rings (SSSR count). The molecule has 1 saturated heterocycles. The van der Waals surface area contributed by atoms with Crippen molar-refractivity contribution in [3.8, 4) is 5.75 Å². The maximum absolute atomic E-state index is 14.0. The molecule has 0 saturated carbocycles. The van der Waals surface area contributed by atoms with Gasteiger partial charge in [-0.2, -0.15) is 13.2 Å². The summed E-state index contributed by atoms with van der Waals surface area (Å²) in [5, 5.41) is 2.28. The summed E-state index contributed by atoms with van der Waals surface area (Å²) in [4.78, 5) is 54.6. The normalized spacial score (nSPS) is 19.5. The Hall–Kier alpha value is -4.07. The number of halogens is 4. The second-order valence-electron chi connectivity index (χ2n) is 10.0. The minimum atomic E-state index is -4.82. The minimum Gasteiger partial charge on any atom is -0.497 e. The minimum absolute atomic E-state index is 0.304. The molecule has 14 heteroatoms. The molecular weight excluding hydrogens is 639 g/mol. The quantitative estimate of drug-likeness (QED) is 0.254. The molecule has 3 heterocycles. The van der Waals surface area contributed by atoms with Gasteiger partial charge in [-0.05, 0) is 54.1 Å². The summed E-state index contributed by atoms with van der Waals surface area (Å²) in [6, 6.07) is 17.5. The Balaban J connectivity index is 1.41. The van der Waals surface area contributed by atoms with E-state index in [4.69, 9.17) is 16.3 Å². The number of amides is 3. The van der Waals surface area contributed by atoms with Gasteiger partial charge in [-0.1, -0.05) is 59.0 Å². The van der Waals surface area contributed by atoms with Gasteiger partial charge < -0.3 is 10.1 Å². The number of thiazole rings is 1. The first kappa shape index (κ1) is 30.0. The van der Waals surface area contributed by atoms with Gasteiger partial charge in [0.2, 0.25) is 17.7 Å². The van der Waals surface area contributed by atoms with Crippen molar-refractivity contribution in [2.75, 3.05) is 17.3 Å². The van der Waals surface area contributed by atoms with Crippen LogP contribution in [0.5, 0.6) is 5.75 Å². The van der Waals surface area contributed by atoms with Gasteiger partial charge in [-0.3, -0.25) is 23.7 Å². The standard InChI is InChI=1S/C30H21ClF3N3O5S2/c1-42-18-12-10-17(11-13-18)35-21(38)14-36-28-25(44-29(36)41)22(15-6-8-16(31)9-7-15)23-24(43-28)27(40)37(26(23)39)20-5-3-2-4-19(20)30(32,33)34/h2-13,22-24H,14H2,1H3,(H,35,38)/t22-,23?,24?/m1/s1. The predicted molar refractivity (Wildman–Crippen MR) is 161 cm³/mol. The number of anilines is 2. The molecule has 44 heavy (non-hydrogen) atoms. The van der Waals surface area contributed by atoms with E-state index in [1.54, 1.807) is 48.5 Å². The number of rotatable bonds is 6. The van der Waals surface area contributed by atoms with Crippen LogP contribution in [0.2, 0.25) is 5.02 Å². The lowest BCUT2D eigenvalue weighted by molar-refractivity contribution is -0.137. The molecule has 0 spiro atoms. The fourth-order valence-corrected chi connectivity index (χ4v) is 8.35. The highest BCUT2D eigenvalue weighted by Gasteiger charge is 2.57. The van der Waals surface area contributed by atoms with Crippen LogP contribution in [0.15, 0.2) is 82.6 Å². The Morgan fingerprint density at radius 1 is 0.977 bits per heavy atom. The molecular formula is C30H21ClF3N3O5S2. The van der Waals surface area contributed by atoms with Crippen LogP contribution in [0.1, 0.15) is 21.9 Å². The Kier molecular flexibility index (Phi) is 7.80. The molecule has 2 unspecified atom stereocenters. The Bertz CT molecular complexity index is 1840. The van der Waals surface area contributed by atoms with Crippen LogP contribution in [-0.2, 0) is 27.1 Å².